The summed E-state index contributed by atoms with van der Waals surface area (Å²) in [6.45, 7) is 6.63. The van der Waals surface area contributed by atoms with Gasteiger partial charge >= 0.3 is 13.3 Å². The Labute approximate surface area is 245 Å². The SMILES string of the molecule is CC(C)(C)OC[C@@H](NC(=O)OCc1ccccc1)[P+](c1ccccc1)(c1ccccc1)c1ccccc1.F[B-](F)(F)F. The van der Waals surface area contributed by atoms with Crippen molar-refractivity contribution in [3.63, 3.8) is 0 Å². The number of rotatable bonds is 9. The van der Waals surface area contributed by atoms with Gasteiger partial charge in [0.25, 0.3) is 0 Å². The van der Waals surface area contributed by atoms with E-state index in [0.29, 0.717) is 6.61 Å². The molecule has 42 heavy (non-hydrogen) atoms. The Hall–Kier alpha value is -3.68. The number of carbonyl (C=O) groups is 1. The minimum absolute atomic E-state index is 0.201. The fraction of sp³-hybridized carbons (Fsp3) is 0.219. The van der Waals surface area contributed by atoms with Gasteiger partial charge in [-0.1, -0.05) is 84.9 Å². The van der Waals surface area contributed by atoms with Crippen molar-refractivity contribution >= 4 is 36.5 Å². The van der Waals surface area contributed by atoms with Gasteiger partial charge < -0.3 is 26.7 Å². The van der Waals surface area contributed by atoms with Crippen LogP contribution in [0.1, 0.15) is 26.3 Å². The molecule has 4 aromatic rings. The van der Waals surface area contributed by atoms with Crippen molar-refractivity contribution in [3.05, 3.63) is 127 Å². The van der Waals surface area contributed by atoms with Crippen LogP contribution in [0.4, 0.5) is 22.1 Å². The van der Waals surface area contributed by atoms with Crippen LogP contribution in [0.2, 0.25) is 0 Å². The van der Waals surface area contributed by atoms with Crippen LogP contribution in [0.5, 0.6) is 0 Å². The first-order chi connectivity index (χ1) is 19.9. The van der Waals surface area contributed by atoms with E-state index < -0.39 is 20.6 Å². The van der Waals surface area contributed by atoms with Crippen LogP contribution in [0.3, 0.4) is 0 Å². The molecular weight excluding hydrogens is 564 g/mol. The first kappa shape index (κ1) is 32.8. The molecule has 0 radical (unpaired) electrons. The lowest BCUT2D eigenvalue weighted by Crippen LogP contribution is -2.50. The average molecular weight is 599 g/mol. The lowest BCUT2D eigenvalue weighted by atomic mass is 10.2. The molecule has 10 heteroatoms. The third-order valence-electron chi connectivity index (χ3n) is 6.13. The van der Waals surface area contributed by atoms with Crippen LogP contribution < -0.4 is 21.2 Å². The highest BCUT2D eigenvalue weighted by Crippen LogP contribution is 2.59. The van der Waals surface area contributed by atoms with E-state index in [1.165, 1.54) is 15.9 Å². The summed E-state index contributed by atoms with van der Waals surface area (Å²) in [4.78, 5) is 13.3. The highest BCUT2D eigenvalue weighted by molar-refractivity contribution is 7.96. The van der Waals surface area contributed by atoms with Crippen LogP contribution in [0, 0.1) is 0 Å². The summed E-state index contributed by atoms with van der Waals surface area (Å²) in [5, 5.41) is 6.75. The Balaban J connectivity index is 0.000000892. The molecule has 0 aliphatic heterocycles. The van der Waals surface area contributed by atoms with Crippen molar-refractivity contribution in [1.29, 1.82) is 0 Å². The van der Waals surface area contributed by atoms with Crippen LogP contribution in [0.15, 0.2) is 121 Å². The van der Waals surface area contributed by atoms with Crippen molar-refractivity contribution in [2.45, 2.75) is 38.8 Å². The summed E-state index contributed by atoms with van der Waals surface area (Å²) in [7, 11) is -8.44. The lowest BCUT2D eigenvalue weighted by Gasteiger charge is -2.36. The van der Waals surface area contributed by atoms with Gasteiger partial charge in [-0.25, -0.2) is 4.79 Å². The second kappa shape index (κ2) is 15.0. The second-order valence-electron chi connectivity index (χ2n) is 10.4. The van der Waals surface area contributed by atoms with E-state index in [1.807, 2.05) is 69.3 Å². The van der Waals surface area contributed by atoms with Gasteiger partial charge in [0.05, 0.1) is 5.60 Å². The maximum absolute atomic E-state index is 13.3. The van der Waals surface area contributed by atoms with E-state index >= 15 is 0 Å². The van der Waals surface area contributed by atoms with Crippen molar-refractivity contribution in [3.8, 4) is 0 Å². The van der Waals surface area contributed by atoms with Gasteiger partial charge in [-0.15, -0.1) is 0 Å². The minimum atomic E-state index is -6.00. The van der Waals surface area contributed by atoms with Crippen molar-refractivity contribution < 1.29 is 31.5 Å². The molecular formula is C32H35BF4NO3P. The summed E-state index contributed by atoms with van der Waals surface area (Å²) >= 11 is 0. The van der Waals surface area contributed by atoms with Gasteiger partial charge in [0, 0.05) is 0 Å². The predicted octanol–water partition coefficient (Wildman–Crippen LogP) is 7.35. The van der Waals surface area contributed by atoms with E-state index in [0.717, 1.165) is 5.56 Å². The molecule has 0 spiro atoms. The summed E-state index contributed by atoms with van der Waals surface area (Å²) in [6.07, 6.45) is -0.460. The first-order valence-corrected chi connectivity index (χ1v) is 15.3. The number of amides is 1. The highest BCUT2D eigenvalue weighted by Gasteiger charge is 2.54. The van der Waals surface area contributed by atoms with Crippen molar-refractivity contribution in [2.75, 3.05) is 6.61 Å². The standard InChI is InChI=1S/C32H34NO3P.BF4/c1-32(2,3)36-25-30(33-31(34)35-24-26-16-8-4-9-17-26)37(27-18-10-5-11-19-27,28-20-12-6-13-21-28)29-22-14-7-15-23-29;2-1(3,4)5/h4-23,30H,24-25H2,1-3H3;/q;-1/p+1/t30-;/m0./s1. The Morgan fingerprint density at radius 2 is 1.07 bits per heavy atom. The monoisotopic (exact) mass is 599 g/mol. The number of halogens is 4. The number of benzene rings is 4. The minimum Gasteiger partial charge on any atom is -0.445 e. The van der Waals surface area contributed by atoms with E-state index in [1.54, 1.807) is 0 Å². The summed E-state index contributed by atoms with van der Waals surface area (Å²) in [6, 6.07) is 41.1. The van der Waals surface area contributed by atoms with Crippen molar-refractivity contribution in [2.24, 2.45) is 0 Å². The van der Waals surface area contributed by atoms with Crippen molar-refractivity contribution in [1.82, 2.24) is 5.32 Å². The number of nitrogens with one attached hydrogen (secondary N) is 1. The molecule has 0 aliphatic rings. The zero-order valence-electron chi connectivity index (χ0n) is 23.8. The maximum atomic E-state index is 13.3. The third kappa shape index (κ3) is 10.0. The fourth-order valence-electron chi connectivity index (χ4n) is 4.46. The molecule has 0 saturated carbocycles. The lowest BCUT2D eigenvalue weighted by molar-refractivity contribution is -0.00544. The third-order valence-corrected chi connectivity index (χ3v) is 10.7. The van der Waals surface area contributed by atoms with E-state index in [2.05, 4.69) is 78.1 Å². The van der Waals surface area contributed by atoms with Gasteiger partial charge in [0.2, 0.25) is 0 Å². The summed E-state index contributed by atoms with van der Waals surface area (Å²) in [5.74, 6) is -0.359. The van der Waals surface area contributed by atoms with Gasteiger partial charge in [-0.3, -0.25) is 5.32 Å². The predicted molar refractivity (Wildman–Crippen MR) is 165 cm³/mol. The maximum Gasteiger partial charge on any atom is 0.673 e. The van der Waals surface area contributed by atoms with Crippen LogP contribution in [-0.2, 0) is 16.1 Å². The molecule has 222 valence electrons. The highest BCUT2D eigenvalue weighted by atomic mass is 31.2. The molecule has 1 N–H and O–H groups in total. The second-order valence-corrected chi connectivity index (χ2v) is 14.0. The number of hydrogen-bond donors (Lipinski definition) is 1. The first-order valence-electron chi connectivity index (χ1n) is 13.4. The van der Waals surface area contributed by atoms with E-state index in [-0.39, 0.29) is 18.0 Å². The molecule has 0 aromatic heterocycles. The largest absolute Gasteiger partial charge is 0.673 e. The normalized spacial score (nSPS) is 12.5. The Morgan fingerprint density at radius 3 is 1.43 bits per heavy atom. The quantitative estimate of drug-likeness (QED) is 0.124. The number of carbonyl (C=O) groups excluding carboxylic acids is 1. The summed E-state index contributed by atoms with van der Waals surface area (Å²) < 4.78 is 51.1. The zero-order chi connectivity index (χ0) is 30.6. The topological polar surface area (TPSA) is 47.6 Å². The molecule has 0 aliphatic carbocycles. The van der Waals surface area contributed by atoms with Gasteiger partial charge in [0.1, 0.15) is 36.4 Å². The number of alkyl carbamates (subject to hydrolysis) is 1. The van der Waals surface area contributed by atoms with E-state index in [4.69, 9.17) is 9.47 Å². The smallest absolute Gasteiger partial charge is 0.445 e. The molecule has 4 aromatic carbocycles. The summed E-state index contributed by atoms with van der Waals surface area (Å²) in [5.41, 5.74) is 0.559. The molecule has 0 heterocycles. The Kier molecular flexibility index (Phi) is 11.7. The molecule has 1 amide bonds. The molecule has 0 bridgehead atoms. The number of hydrogen-bond acceptors (Lipinski definition) is 3. The van der Waals surface area contributed by atoms with Crippen LogP contribution in [0.25, 0.3) is 0 Å². The molecule has 4 nitrogen and oxygen atoms in total. The molecule has 4 rings (SSSR count). The van der Waals surface area contributed by atoms with Gasteiger partial charge in [0.15, 0.2) is 5.78 Å². The number of ether oxygens (including phenoxy) is 2. The van der Waals surface area contributed by atoms with Gasteiger partial charge in [-0.05, 0) is 62.7 Å². The molecule has 0 fully saturated rings. The molecule has 1 atom stereocenters. The Morgan fingerprint density at radius 1 is 0.714 bits per heavy atom. The van der Waals surface area contributed by atoms with Crippen LogP contribution >= 0.6 is 7.26 Å². The zero-order valence-corrected chi connectivity index (χ0v) is 24.7. The van der Waals surface area contributed by atoms with E-state index in [9.17, 15) is 22.1 Å². The van der Waals surface area contributed by atoms with Crippen LogP contribution in [-0.4, -0.2) is 31.3 Å². The fourth-order valence-corrected chi connectivity index (χ4v) is 8.96. The molecule has 0 saturated heterocycles. The Bertz CT molecular complexity index is 1250. The molecule has 0 unspecified atom stereocenters. The average Bonchev–Trinajstić information content (AvgIpc) is 2.96. The van der Waals surface area contributed by atoms with Gasteiger partial charge in [-0.2, -0.15) is 0 Å².